The summed E-state index contributed by atoms with van der Waals surface area (Å²) in [6, 6.07) is 18.7. The van der Waals surface area contributed by atoms with Gasteiger partial charge in [0.25, 0.3) is 11.1 Å². The molecule has 190 valence electrons. The lowest BCUT2D eigenvalue weighted by Gasteiger charge is -2.12. The molecule has 3 heterocycles. The summed E-state index contributed by atoms with van der Waals surface area (Å²) in [5.74, 6) is -0.0116. The van der Waals surface area contributed by atoms with E-state index >= 15 is 0 Å². The quantitative estimate of drug-likeness (QED) is 0.337. The smallest absolute Gasteiger partial charge is 0.293 e. The number of imide groups is 1. The van der Waals surface area contributed by atoms with Crippen LogP contribution in [0, 0.1) is 5.82 Å². The van der Waals surface area contributed by atoms with E-state index in [0.717, 1.165) is 27.6 Å². The summed E-state index contributed by atoms with van der Waals surface area (Å²) in [5, 5.41) is 3.22. The fourth-order valence-corrected chi connectivity index (χ4v) is 5.25. The van der Waals surface area contributed by atoms with Crippen molar-refractivity contribution in [3.63, 3.8) is 0 Å². The number of fused-ring (bicyclic) bond motifs is 2. The molecule has 3 aromatic carbocycles. The number of rotatable bonds is 6. The molecule has 3 amide bonds. The van der Waals surface area contributed by atoms with Gasteiger partial charge < -0.3 is 19.4 Å². The number of para-hydroxylation sites is 1. The van der Waals surface area contributed by atoms with Crippen molar-refractivity contribution in [3.8, 4) is 11.5 Å². The Morgan fingerprint density at radius 2 is 1.82 bits per heavy atom. The van der Waals surface area contributed by atoms with Gasteiger partial charge in [-0.1, -0.05) is 36.4 Å². The molecule has 4 aromatic rings. The predicted octanol–water partition coefficient (Wildman–Crippen LogP) is 5.38. The van der Waals surface area contributed by atoms with Gasteiger partial charge in [0.15, 0.2) is 11.5 Å². The topological polar surface area (TPSA) is 89.9 Å². The number of aromatic nitrogens is 1. The summed E-state index contributed by atoms with van der Waals surface area (Å²) < 4.78 is 26.6. The highest BCUT2D eigenvalue weighted by atomic mass is 32.2. The van der Waals surface area contributed by atoms with E-state index in [2.05, 4.69) is 5.32 Å². The molecule has 0 saturated carbocycles. The Morgan fingerprint density at radius 3 is 2.68 bits per heavy atom. The molecule has 0 aliphatic carbocycles. The van der Waals surface area contributed by atoms with E-state index in [0.29, 0.717) is 22.7 Å². The van der Waals surface area contributed by atoms with E-state index in [1.54, 1.807) is 53.2 Å². The number of hydrogen-bond donors (Lipinski definition) is 1. The van der Waals surface area contributed by atoms with Crippen LogP contribution in [0.5, 0.6) is 11.5 Å². The van der Waals surface area contributed by atoms with E-state index in [4.69, 9.17) is 9.47 Å². The molecule has 1 N–H and O–H groups in total. The Hall–Kier alpha value is -4.57. The molecular formula is C28H20FN3O5S. The fourth-order valence-electron chi connectivity index (χ4n) is 4.43. The lowest BCUT2D eigenvalue weighted by atomic mass is 10.1. The Balaban J connectivity index is 1.23. The van der Waals surface area contributed by atoms with E-state index in [1.165, 1.54) is 6.07 Å². The molecular weight excluding hydrogens is 509 g/mol. The molecule has 1 saturated heterocycles. The first-order valence-corrected chi connectivity index (χ1v) is 12.5. The van der Waals surface area contributed by atoms with Gasteiger partial charge in [-0.25, -0.2) is 4.39 Å². The molecule has 6 rings (SSSR count). The molecule has 0 spiro atoms. The van der Waals surface area contributed by atoms with Gasteiger partial charge in [0.1, 0.15) is 12.4 Å². The van der Waals surface area contributed by atoms with Crippen molar-refractivity contribution >= 4 is 51.5 Å². The number of nitrogens with zero attached hydrogens (tertiary/aromatic N) is 2. The van der Waals surface area contributed by atoms with E-state index in [9.17, 15) is 18.8 Å². The van der Waals surface area contributed by atoms with Gasteiger partial charge >= 0.3 is 0 Å². The number of carbonyl (C=O) groups is 3. The number of hydrogen-bond acceptors (Lipinski definition) is 6. The zero-order chi connectivity index (χ0) is 26.2. The maximum Gasteiger partial charge on any atom is 0.293 e. The van der Waals surface area contributed by atoms with Crippen molar-refractivity contribution in [1.29, 1.82) is 0 Å². The molecule has 0 radical (unpaired) electrons. The minimum Gasteiger partial charge on any atom is -0.454 e. The van der Waals surface area contributed by atoms with Gasteiger partial charge in [-0.15, -0.1) is 0 Å². The van der Waals surface area contributed by atoms with Gasteiger partial charge in [-0.2, -0.15) is 0 Å². The molecule has 1 aromatic heterocycles. The second-order valence-electron chi connectivity index (χ2n) is 8.70. The van der Waals surface area contributed by atoms with Crippen molar-refractivity contribution in [2.45, 2.75) is 13.1 Å². The monoisotopic (exact) mass is 529 g/mol. The summed E-state index contributed by atoms with van der Waals surface area (Å²) in [7, 11) is 0. The molecule has 0 bridgehead atoms. The molecule has 8 nitrogen and oxygen atoms in total. The predicted molar refractivity (Wildman–Crippen MR) is 141 cm³/mol. The average molecular weight is 530 g/mol. The molecule has 2 aliphatic heterocycles. The number of anilines is 1. The van der Waals surface area contributed by atoms with Crippen molar-refractivity contribution in [2.24, 2.45) is 0 Å². The Bertz CT molecular complexity index is 1650. The number of halogens is 1. The summed E-state index contributed by atoms with van der Waals surface area (Å²) in [6.07, 6.45) is 3.41. The van der Waals surface area contributed by atoms with Crippen LogP contribution in [0.3, 0.4) is 0 Å². The van der Waals surface area contributed by atoms with Crippen LogP contribution in [-0.2, 0) is 22.7 Å². The van der Waals surface area contributed by atoms with Gasteiger partial charge in [0, 0.05) is 40.0 Å². The molecule has 1 fully saturated rings. The van der Waals surface area contributed by atoms with E-state index < -0.39 is 17.0 Å². The van der Waals surface area contributed by atoms with Crippen molar-refractivity contribution in [3.05, 3.63) is 94.8 Å². The van der Waals surface area contributed by atoms with Crippen molar-refractivity contribution < 1.29 is 28.2 Å². The van der Waals surface area contributed by atoms with Crippen LogP contribution < -0.4 is 14.8 Å². The second-order valence-corrected chi connectivity index (χ2v) is 9.70. The number of carbonyl (C=O) groups excluding carboxylic acids is 3. The summed E-state index contributed by atoms with van der Waals surface area (Å²) in [5.41, 5.74) is 2.33. The largest absolute Gasteiger partial charge is 0.454 e. The van der Waals surface area contributed by atoms with Crippen molar-refractivity contribution in [2.75, 3.05) is 12.1 Å². The van der Waals surface area contributed by atoms with Crippen LogP contribution in [0.4, 0.5) is 14.9 Å². The molecule has 0 atom stereocenters. The third kappa shape index (κ3) is 4.50. The zero-order valence-corrected chi connectivity index (χ0v) is 20.7. The number of ether oxygens (including phenoxy) is 2. The third-order valence-electron chi connectivity index (χ3n) is 6.24. The average Bonchev–Trinajstić information content (AvgIpc) is 3.58. The Morgan fingerprint density at radius 1 is 1.03 bits per heavy atom. The number of nitrogens with one attached hydrogen (secondary N) is 1. The second kappa shape index (κ2) is 9.71. The van der Waals surface area contributed by atoms with Crippen LogP contribution in [-0.4, -0.2) is 33.3 Å². The van der Waals surface area contributed by atoms with E-state index in [-0.39, 0.29) is 36.3 Å². The number of benzene rings is 3. The van der Waals surface area contributed by atoms with Crippen LogP contribution in [0.1, 0.15) is 11.1 Å². The SMILES string of the molecule is O=C(Cn1cc(/C=C2\SC(=O)N(Cc3ccccc3F)C2=O)c2ccccc21)Nc1ccc2c(c1)OCO2. The third-order valence-corrected chi connectivity index (χ3v) is 7.14. The van der Waals surface area contributed by atoms with E-state index in [1.807, 2.05) is 24.3 Å². The van der Waals surface area contributed by atoms with Gasteiger partial charge in [-0.3, -0.25) is 19.3 Å². The molecule has 38 heavy (non-hydrogen) atoms. The van der Waals surface area contributed by atoms with Gasteiger partial charge in [0.05, 0.1) is 11.4 Å². The summed E-state index contributed by atoms with van der Waals surface area (Å²) >= 11 is 0.810. The number of thioether (sulfide) groups is 1. The first-order chi connectivity index (χ1) is 18.5. The van der Waals surface area contributed by atoms with Crippen LogP contribution in [0.2, 0.25) is 0 Å². The van der Waals surface area contributed by atoms with Crippen molar-refractivity contribution in [1.82, 2.24) is 9.47 Å². The first kappa shape index (κ1) is 23.8. The Kier molecular flexibility index (Phi) is 6.09. The van der Waals surface area contributed by atoms with Crippen LogP contribution in [0.25, 0.3) is 17.0 Å². The normalized spacial score (nSPS) is 15.6. The van der Waals surface area contributed by atoms with Crippen LogP contribution >= 0.6 is 11.8 Å². The summed E-state index contributed by atoms with van der Waals surface area (Å²) in [4.78, 5) is 39.8. The number of amides is 3. The zero-order valence-electron chi connectivity index (χ0n) is 19.8. The lowest BCUT2D eigenvalue weighted by Crippen LogP contribution is -2.27. The Labute approximate surface area is 220 Å². The highest BCUT2D eigenvalue weighted by Gasteiger charge is 2.35. The first-order valence-electron chi connectivity index (χ1n) is 11.7. The highest BCUT2D eigenvalue weighted by molar-refractivity contribution is 8.18. The summed E-state index contributed by atoms with van der Waals surface area (Å²) in [6.45, 7) is 0.0295. The minimum atomic E-state index is -0.486. The molecule has 2 aliphatic rings. The fraction of sp³-hybridized carbons (Fsp3) is 0.107. The molecule has 0 unspecified atom stereocenters. The maximum atomic E-state index is 14.1. The standard InChI is InChI=1S/C28H20FN3O5S/c29-21-7-3-1-5-17(21)14-32-27(34)25(38-28(32)35)11-18-13-31(22-8-4-2-6-20(18)22)15-26(33)30-19-9-10-23-24(12-19)37-16-36-23/h1-13H,14-16H2,(H,30,33)/b25-11-. The minimum absolute atomic E-state index is 0.0254. The van der Waals surface area contributed by atoms with Gasteiger partial charge in [-0.05, 0) is 42.1 Å². The lowest BCUT2D eigenvalue weighted by molar-refractivity contribution is -0.123. The highest BCUT2D eigenvalue weighted by Crippen LogP contribution is 2.36. The maximum absolute atomic E-state index is 14.1. The van der Waals surface area contributed by atoms with Gasteiger partial charge in [0.2, 0.25) is 12.7 Å². The molecule has 10 heteroatoms. The van der Waals surface area contributed by atoms with Crippen LogP contribution in [0.15, 0.2) is 77.8 Å².